The molecule has 0 aliphatic carbocycles. The molecule has 0 radical (unpaired) electrons. The topological polar surface area (TPSA) is 125 Å². The fraction of sp³-hybridized carbons (Fsp3) is 0. The molecule has 0 rings (SSSR count). The summed E-state index contributed by atoms with van der Waals surface area (Å²) in [6.07, 6.45) is 1.23. The summed E-state index contributed by atoms with van der Waals surface area (Å²) in [6.45, 7) is 0. The lowest BCUT2D eigenvalue weighted by Gasteiger charge is -2.02. The van der Waals surface area contributed by atoms with Crippen molar-refractivity contribution < 1.29 is 9.59 Å². The van der Waals surface area contributed by atoms with Gasteiger partial charge in [-0.25, -0.2) is 11.7 Å². The summed E-state index contributed by atoms with van der Waals surface area (Å²) in [5, 5.41) is 8.03. The van der Waals surface area contributed by atoms with Gasteiger partial charge in [-0.1, -0.05) is 0 Å². The first-order valence-corrected chi connectivity index (χ1v) is 2.13. The van der Waals surface area contributed by atoms with Crippen LogP contribution < -0.4 is 17.1 Å². The highest BCUT2D eigenvalue weighted by molar-refractivity contribution is 6.34. The molecule has 54 valence electrons. The third-order valence-electron chi connectivity index (χ3n) is 0.652. The van der Waals surface area contributed by atoms with Gasteiger partial charge in [-0.2, -0.15) is 10.3 Å². The Morgan fingerprint density at radius 3 is 2.40 bits per heavy atom. The van der Waals surface area contributed by atoms with Gasteiger partial charge in [-0.15, -0.1) is 0 Å². The molecular weight excluding hydrogens is 138 g/mol. The summed E-state index contributed by atoms with van der Waals surface area (Å²) < 4.78 is 0. The third kappa shape index (κ3) is 1.70. The average molecular weight is 143 g/mol. The van der Waals surface area contributed by atoms with Crippen LogP contribution >= 0.6 is 0 Å². The number of nitrogens with one attached hydrogen (secondary N) is 1. The zero-order chi connectivity index (χ0) is 8.15. The number of amides is 2. The molecule has 0 aromatic heterocycles. The van der Waals surface area contributed by atoms with E-state index in [0.717, 1.165) is 0 Å². The van der Waals surface area contributed by atoms with Crippen molar-refractivity contribution in [2.45, 2.75) is 0 Å². The number of nitrogens with two attached hydrogens (primary N) is 2. The zero-order valence-corrected chi connectivity index (χ0v) is 4.87. The van der Waals surface area contributed by atoms with E-state index in [1.807, 2.05) is 0 Å². The van der Waals surface area contributed by atoms with Crippen LogP contribution in [0.3, 0.4) is 0 Å². The van der Waals surface area contributed by atoms with Gasteiger partial charge in [0.15, 0.2) is 0 Å². The maximum absolute atomic E-state index is 10.4. The van der Waals surface area contributed by atoms with E-state index in [0.29, 0.717) is 0 Å². The number of hydrogen-bond donors (Lipinski definition) is 3. The summed E-state index contributed by atoms with van der Waals surface area (Å²) in [7, 11) is 0. The van der Waals surface area contributed by atoms with Crippen LogP contribution in [0.15, 0.2) is 0 Å². The van der Waals surface area contributed by atoms with E-state index in [9.17, 15) is 9.59 Å². The van der Waals surface area contributed by atoms with Crippen LogP contribution in [-0.2, 0) is 9.59 Å². The molecule has 7 heteroatoms. The van der Waals surface area contributed by atoms with Crippen molar-refractivity contribution in [2.24, 2.45) is 11.7 Å². The largest absolute Gasteiger partial charge is 0.340 e. The summed E-state index contributed by atoms with van der Waals surface area (Å²) >= 11 is 0. The molecule has 0 aliphatic rings. The van der Waals surface area contributed by atoms with Crippen molar-refractivity contribution in [1.29, 1.82) is 5.26 Å². The lowest BCUT2D eigenvalue weighted by atomic mass is 10.6. The Labute approximate surface area is 56.1 Å². The van der Waals surface area contributed by atoms with Gasteiger partial charge in [0.2, 0.25) is 6.19 Å². The Hall–Kier alpha value is -1.65. The van der Waals surface area contributed by atoms with E-state index in [1.54, 1.807) is 0 Å². The fourth-order valence-corrected chi connectivity index (χ4v) is 0.217. The number of rotatable bonds is 0. The standard InChI is InChI=1S/C3H5N5O2/c4-1-8(6)3(10)2(9)7-5/h5-6H2,(H,7,9). The first-order valence-electron chi connectivity index (χ1n) is 2.13. The molecule has 0 fully saturated rings. The van der Waals surface area contributed by atoms with Gasteiger partial charge in [0.25, 0.3) is 0 Å². The van der Waals surface area contributed by atoms with Gasteiger partial charge in [-0.05, 0) is 0 Å². The van der Waals surface area contributed by atoms with Crippen molar-refractivity contribution in [3.8, 4) is 6.19 Å². The molecular formula is C3H5N5O2. The van der Waals surface area contributed by atoms with Gasteiger partial charge in [0, 0.05) is 0 Å². The van der Waals surface area contributed by atoms with Crippen molar-refractivity contribution in [1.82, 2.24) is 10.4 Å². The number of carbonyl (C=O) groups excluding carboxylic acids is 2. The van der Waals surface area contributed by atoms with Crippen LogP contribution in [-0.4, -0.2) is 16.8 Å². The molecule has 0 unspecified atom stereocenters. The Morgan fingerprint density at radius 1 is 1.60 bits per heavy atom. The van der Waals surface area contributed by atoms with Crippen molar-refractivity contribution in [3.63, 3.8) is 0 Å². The molecule has 0 aromatic carbocycles. The Kier molecular flexibility index (Phi) is 2.83. The van der Waals surface area contributed by atoms with Crippen LogP contribution in [0.2, 0.25) is 0 Å². The third-order valence-corrected chi connectivity index (χ3v) is 0.652. The second kappa shape index (κ2) is 3.39. The molecule has 0 heterocycles. The number of carbonyl (C=O) groups is 2. The quantitative estimate of drug-likeness (QED) is 0.0840. The van der Waals surface area contributed by atoms with Crippen molar-refractivity contribution >= 4 is 11.8 Å². The molecule has 7 nitrogen and oxygen atoms in total. The molecule has 0 saturated carbocycles. The van der Waals surface area contributed by atoms with Gasteiger partial charge in [-0.3, -0.25) is 15.0 Å². The average Bonchev–Trinajstić information content (AvgIpc) is 2.00. The molecule has 2 amide bonds. The number of hydrogen-bond acceptors (Lipinski definition) is 5. The first kappa shape index (κ1) is 8.35. The van der Waals surface area contributed by atoms with Crippen LogP contribution in [0.1, 0.15) is 0 Å². The van der Waals surface area contributed by atoms with E-state index < -0.39 is 11.8 Å². The molecule has 5 N–H and O–H groups in total. The SMILES string of the molecule is N#CN(N)C(=O)C(=O)NN. The highest BCUT2D eigenvalue weighted by Crippen LogP contribution is 1.74. The van der Waals surface area contributed by atoms with Gasteiger partial charge in [0.1, 0.15) is 0 Å². The Morgan fingerprint density at radius 2 is 2.10 bits per heavy atom. The van der Waals surface area contributed by atoms with E-state index in [-0.39, 0.29) is 5.01 Å². The molecule has 0 aliphatic heterocycles. The monoisotopic (exact) mass is 143 g/mol. The minimum absolute atomic E-state index is 0.0716. The highest BCUT2D eigenvalue weighted by Gasteiger charge is 2.16. The molecule has 0 aromatic rings. The predicted octanol–water partition coefficient (Wildman–Crippen LogP) is -2.84. The van der Waals surface area contributed by atoms with E-state index >= 15 is 0 Å². The van der Waals surface area contributed by atoms with Crippen molar-refractivity contribution in [2.75, 3.05) is 0 Å². The summed E-state index contributed by atoms with van der Waals surface area (Å²) in [6, 6.07) is 0. The lowest BCUT2D eigenvalue weighted by Crippen LogP contribution is -2.46. The second-order valence-corrected chi connectivity index (χ2v) is 1.25. The Bertz CT molecular complexity index is 194. The van der Waals surface area contributed by atoms with Crippen LogP contribution in [0.25, 0.3) is 0 Å². The first-order chi connectivity index (χ1) is 4.63. The number of hydrazine groups is 2. The number of nitrogens with zero attached hydrogens (tertiary/aromatic N) is 2. The lowest BCUT2D eigenvalue weighted by molar-refractivity contribution is -0.143. The highest BCUT2D eigenvalue weighted by atomic mass is 16.2. The van der Waals surface area contributed by atoms with Gasteiger partial charge >= 0.3 is 11.8 Å². The minimum Gasteiger partial charge on any atom is -0.286 e. The van der Waals surface area contributed by atoms with E-state index in [2.05, 4.69) is 5.84 Å². The predicted molar refractivity (Wildman–Crippen MR) is 29.0 cm³/mol. The molecule has 0 spiro atoms. The normalized spacial score (nSPS) is 7.70. The smallest absolute Gasteiger partial charge is 0.286 e. The fourth-order valence-electron chi connectivity index (χ4n) is 0.217. The van der Waals surface area contributed by atoms with Crippen LogP contribution in [0.4, 0.5) is 0 Å². The summed E-state index contributed by atoms with van der Waals surface area (Å²) in [4.78, 5) is 20.6. The zero-order valence-electron chi connectivity index (χ0n) is 4.87. The molecule has 10 heavy (non-hydrogen) atoms. The molecule has 0 bridgehead atoms. The van der Waals surface area contributed by atoms with Gasteiger partial charge < -0.3 is 0 Å². The maximum Gasteiger partial charge on any atom is 0.340 e. The molecule has 0 atom stereocenters. The summed E-state index contributed by atoms with van der Waals surface area (Å²) in [5.41, 5.74) is 1.52. The number of nitriles is 1. The second-order valence-electron chi connectivity index (χ2n) is 1.25. The Balaban J connectivity index is 4.12. The van der Waals surface area contributed by atoms with E-state index in [4.69, 9.17) is 11.1 Å². The van der Waals surface area contributed by atoms with Crippen LogP contribution in [0, 0.1) is 11.5 Å². The van der Waals surface area contributed by atoms with Crippen LogP contribution in [0.5, 0.6) is 0 Å². The van der Waals surface area contributed by atoms with Gasteiger partial charge in [0.05, 0.1) is 0 Å². The maximum atomic E-state index is 10.4. The summed E-state index contributed by atoms with van der Waals surface area (Å²) in [5.74, 6) is 6.91. The van der Waals surface area contributed by atoms with Crippen molar-refractivity contribution in [3.05, 3.63) is 0 Å². The molecule has 0 saturated heterocycles. The van der Waals surface area contributed by atoms with E-state index in [1.165, 1.54) is 11.6 Å². The minimum atomic E-state index is -1.20.